The Hall–Kier alpha value is -5.36. The molecule has 8 rings (SSSR count). The standard InChI is InChI=1S/C43H46ClFN6O5/c1-24-18-31(36(45)33(19-24)49(20-26-8-13-29(53-6)14-9-26)21-27-10-15-30(54-7)16-11-27)37-35(44)38-34-40(47-23-46-38)50-22-28-12-17-32(39(50)25(2)55-41(34)48-37)51(28)42(52)56-43(3,4)5/h8-11,13-16,18-19,23,25,28,32,39H,12,17,20-22H2,1-7H3. The molecule has 0 radical (unpaired) electrons. The zero-order chi connectivity index (χ0) is 39.5. The van der Waals surface area contributed by atoms with Gasteiger partial charge in [-0.2, -0.15) is 0 Å². The predicted molar refractivity (Wildman–Crippen MR) is 214 cm³/mol. The van der Waals surface area contributed by atoms with E-state index in [2.05, 4.69) is 9.88 Å². The van der Waals surface area contributed by atoms with E-state index in [1.54, 1.807) is 20.3 Å². The van der Waals surface area contributed by atoms with Crippen molar-refractivity contribution in [1.82, 2.24) is 19.9 Å². The summed E-state index contributed by atoms with van der Waals surface area (Å²) in [7, 11) is 3.26. The zero-order valence-corrected chi connectivity index (χ0v) is 33.4. The number of methoxy groups -OCH3 is 2. The van der Waals surface area contributed by atoms with Crippen molar-refractivity contribution >= 4 is 40.1 Å². The topological polar surface area (TPSA) is 102 Å². The van der Waals surface area contributed by atoms with Gasteiger partial charge < -0.3 is 28.7 Å². The first-order valence-corrected chi connectivity index (χ1v) is 19.3. The number of hydrogen-bond acceptors (Lipinski definition) is 10. The van der Waals surface area contributed by atoms with Crippen molar-refractivity contribution in [3.05, 3.63) is 94.5 Å². The number of benzene rings is 3. The van der Waals surface area contributed by atoms with Crippen molar-refractivity contribution in [1.29, 1.82) is 0 Å². The summed E-state index contributed by atoms with van der Waals surface area (Å²) in [5, 5.41) is 0.763. The van der Waals surface area contributed by atoms with Gasteiger partial charge in [0.25, 0.3) is 0 Å². The van der Waals surface area contributed by atoms with Gasteiger partial charge in [-0.1, -0.05) is 35.9 Å². The third-order valence-corrected chi connectivity index (χ3v) is 11.2. The second-order valence-corrected chi connectivity index (χ2v) is 16.2. The van der Waals surface area contributed by atoms with Crippen LogP contribution in [0.1, 0.15) is 57.2 Å². The number of carbonyl (C=O) groups excluding carboxylic acids is 1. The van der Waals surface area contributed by atoms with E-state index < -0.39 is 17.5 Å². The maximum absolute atomic E-state index is 17.4. The highest BCUT2D eigenvalue weighted by Gasteiger charge is 2.53. The second-order valence-electron chi connectivity index (χ2n) is 15.9. The minimum absolute atomic E-state index is 0.0637. The lowest BCUT2D eigenvalue weighted by Crippen LogP contribution is -2.65. The molecule has 1 amide bonds. The fraction of sp³-hybridized carbons (Fsp3) is 0.395. The van der Waals surface area contributed by atoms with Gasteiger partial charge >= 0.3 is 6.09 Å². The number of aromatic nitrogens is 3. The lowest BCUT2D eigenvalue weighted by Gasteiger charge is -2.48. The number of fused-ring (bicyclic) bond motifs is 5. The first-order chi connectivity index (χ1) is 26.8. The maximum atomic E-state index is 17.4. The minimum atomic E-state index is -0.626. The van der Waals surface area contributed by atoms with Crippen LogP contribution in [0.4, 0.5) is 20.7 Å². The molecule has 4 atom stereocenters. The van der Waals surface area contributed by atoms with Gasteiger partial charge in [0.15, 0.2) is 5.82 Å². The molecule has 4 unspecified atom stereocenters. The average Bonchev–Trinajstić information content (AvgIpc) is 3.42. The molecule has 3 aliphatic rings. The lowest BCUT2D eigenvalue weighted by molar-refractivity contribution is 0.000963. The van der Waals surface area contributed by atoms with Crippen LogP contribution in [0, 0.1) is 12.7 Å². The van der Waals surface area contributed by atoms with Crippen LogP contribution in [0.3, 0.4) is 0 Å². The molecule has 2 saturated heterocycles. The van der Waals surface area contributed by atoms with E-state index >= 15 is 4.39 Å². The molecule has 5 aromatic rings. The molecule has 56 heavy (non-hydrogen) atoms. The summed E-state index contributed by atoms with van der Waals surface area (Å²) in [5.74, 6) is 1.91. The van der Waals surface area contributed by atoms with E-state index in [4.69, 9.17) is 40.5 Å². The second kappa shape index (κ2) is 14.6. The number of anilines is 2. The molecule has 2 aromatic heterocycles. The Labute approximate surface area is 331 Å². The molecule has 2 bridgehead atoms. The number of piperazine rings is 1. The first-order valence-electron chi connectivity index (χ1n) is 18.9. The number of ether oxygens (including phenoxy) is 4. The molecule has 0 saturated carbocycles. The largest absolute Gasteiger partial charge is 0.497 e. The Morgan fingerprint density at radius 2 is 1.62 bits per heavy atom. The highest BCUT2D eigenvalue weighted by molar-refractivity contribution is 6.38. The van der Waals surface area contributed by atoms with Crippen LogP contribution < -0.4 is 24.0 Å². The van der Waals surface area contributed by atoms with E-state index in [9.17, 15) is 4.79 Å². The van der Waals surface area contributed by atoms with Crippen LogP contribution >= 0.6 is 11.6 Å². The zero-order valence-electron chi connectivity index (χ0n) is 32.7. The smallest absolute Gasteiger partial charge is 0.410 e. The van der Waals surface area contributed by atoms with Crippen molar-refractivity contribution in [2.45, 2.75) is 90.4 Å². The van der Waals surface area contributed by atoms with E-state index in [1.165, 1.54) is 6.33 Å². The van der Waals surface area contributed by atoms with Crippen LogP contribution in [-0.4, -0.2) is 76.5 Å². The summed E-state index contributed by atoms with van der Waals surface area (Å²) in [4.78, 5) is 34.0. The van der Waals surface area contributed by atoms with E-state index in [0.717, 1.165) is 41.0 Å². The number of aryl methyl sites for hydroxylation is 1. The number of halogens is 2. The Bertz CT molecular complexity index is 2240. The summed E-state index contributed by atoms with van der Waals surface area (Å²) in [6.45, 7) is 10.9. The van der Waals surface area contributed by atoms with Crippen LogP contribution in [0.15, 0.2) is 67.0 Å². The number of amides is 1. The van der Waals surface area contributed by atoms with Gasteiger partial charge in [-0.3, -0.25) is 4.90 Å². The first kappa shape index (κ1) is 37.6. The summed E-state index contributed by atoms with van der Waals surface area (Å²) in [6, 6.07) is 18.6. The Morgan fingerprint density at radius 1 is 0.982 bits per heavy atom. The number of rotatable bonds is 8. The van der Waals surface area contributed by atoms with Crippen molar-refractivity contribution in [3.8, 4) is 28.6 Å². The van der Waals surface area contributed by atoms with Gasteiger partial charge in [0.1, 0.15) is 46.3 Å². The fourth-order valence-corrected chi connectivity index (χ4v) is 8.73. The van der Waals surface area contributed by atoms with Crippen LogP contribution in [-0.2, 0) is 17.8 Å². The molecule has 3 aliphatic heterocycles. The molecular weight excluding hydrogens is 735 g/mol. The third kappa shape index (κ3) is 6.88. The SMILES string of the molecule is COc1ccc(CN(Cc2ccc(OC)cc2)c2cc(C)cc(-c3nc4c5c(ncnc5c3Cl)N3CC5CCC(C3C(C)O4)N5C(=O)OC(C)(C)C)c2F)cc1. The van der Waals surface area contributed by atoms with Crippen LogP contribution in [0.2, 0.25) is 5.02 Å². The summed E-state index contributed by atoms with van der Waals surface area (Å²) < 4.78 is 40.7. The maximum Gasteiger partial charge on any atom is 0.410 e. The lowest BCUT2D eigenvalue weighted by atomic mass is 9.98. The molecule has 0 N–H and O–H groups in total. The summed E-state index contributed by atoms with van der Waals surface area (Å²) in [6.07, 6.45) is 2.37. The van der Waals surface area contributed by atoms with E-state index in [0.29, 0.717) is 42.0 Å². The van der Waals surface area contributed by atoms with Gasteiger partial charge in [-0.15, -0.1) is 0 Å². The fourth-order valence-electron chi connectivity index (χ4n) is 8.44. The molecule has 3 aromatic carbocycles. The highest BCUT2D eigenvalue weighted by Crippen LogP contribution is 2.48. The van der Waals surface area contributed by atoms with Gasteiger partial charge in [0, 0.05) is 25.2 Å². The molecule has 0 aliphatic carbocycles. The molecule has 2 fully saturated rings. The van der Waals surface area contributed by atoms with Gasteiger partial charge in [-0.05, 0) is 101 Å². The number of nitrogens with zero attached hydrogens (tertiary/aromatic N) is 6. The van der Waals surface area contributed by atoms with E-state index in [-0.39, 0.29) is 46.4 Å². The molecule has 292 valence electrons. The number of carbonyl (C=O) groups is 1. The molecular formula is C43H46ClFN6O5. The van der Waals surface area contributed by atoms with Crippen LogP contribution in [0.25, 0.3) is 22.2 Å². The van der Waals surface area contributed by atoms with Crippen molar-refractivity contribution in [3.63, 3.8) is 0 Å². The number of hydrogen-bond donors (Lipinski definition) is 0. The summed E-state index contributed by atoms with van der Waals surface area (Å²) in [5.41, 5.74) is 3.41. The van der Waals surface area contributed by atoms with Gasteiger partial charge in [0.2, 0.25) is 5.88 Å². The highest BCUT2D eigenvalue weighted by atomic mass is 35.5. The normalized spacial score (nSPS) is 19.9. The Morgan fingerprint density at radius 3 is 2.23 bits per heavy atom. The predicted octanol–water partition coefficient (Wildman–Crippen LogP) is 8.75. The molecule has 5 heterocycles. The summed E-state index contributed by atoms with van der Waals surface area (Å²) >= 11 is 7.23. The van der Waals surface area contributed by atoms with Crippen LogP contribution in [0.5, 0.6) is 17.4 Å². The van der Waals surface area contributed by atoms with Crippen molar-refractivity contribution in [2.24, 2.45) is 0 Å². The van der Waals surface area contributed by atoms with Crippen molar-refractivity contribution < 1.29 is 28.1 Å². The molecule has 13 heteroatoms. The number of pyridine rings is 1. The molecule has 0 spiro atoms. The Balaban J connectivity index is 1.20. The third-order valence-electron chi connectivity index (χ3n) is 10.9. The molecule has 11 nitrogen and oxygen atoms in total. The van der Waals surface area contributed by atoms with Gasteiger partial charge in [-0.25, -0.2) is 24.1 Å². The van der Waals surface area contributed by atoms with Crippen molar-refractivity contribution in [2.75, 3.05) is 30.6 Å². The quantitative estimate of drug-likeness (QED) is 0.152. The van der Waals surface area contributed by atoms with E-state index in [1.807, 2.05) is 99.0 Å². The minimum Gasteiger partial charge on any atom is -0.497 e. The van der Waals surface area contributed by atoms with Gasteiger partial charge in [0.05, 0.1) is 48.7 Å². The Kier molecular flexibility index (Phi) is 9.80. The monoisotopic (exact) mass is 780 g/mol. The average molecular weight is 781 g/mol.